The molecule has 0 aromatic carbocycles. The molecule has 0 aliphatic carbocycles. The van der Waals surface area contributed by atoms with Crippen molar-refractivity contribution in [1.82, 2.24) is 0 Å². The van der Waals surface area contributed by atoms with Crippen LogP contribution in [0.3, 0.4) is 0 Å². The Morgan fingerprint density at radius 1 is 0.517 bits per heavy atom. The largest absolute Gasteiger partial charge is 0.472 e. The maximum Gasteiger partial charge on any atom is 0.472 e. The summed E-state index contributed by atoms with van der Waals surface area (Å²) in [7, 11) is -4.62. The normalized spacial score (nSPS) is 14.1. The van der Waals surface area contributed by atoms with E-state index in [4.69, 9.17) is 23.6 Å². The molecule has 11 heteroatoms. The molecule has 0 saturated carbocycles. The van der Waals surface area contributed by atoms with Crippen LogP contribution in [0.2, 0.25) is 0 Å². The molecule has 58 heavy (non-hydrogen) atoms. The maximum absolute atomic E-state index is 12.6. The molecule has 3 N–H and O–H groups in total. The summed E-state index contributed by atoms with van der Waals surface area (Å²) < 4.78 is 32.8. The molecule has 0 fully saturated rings. The molecule has 0 radical (unpaired) electrons. The molecule has 0 aromatic heterocycles. The number of rotatable bonds is 44. The van der Waals surface area contributed by atoms with Gasteiger partial charge in [0, 0.05) is 12.8 Å². The topological polar surface area (TPSA) is 149 Å². The smallest absolute Gasteiger partial charge is 0.462 e. The second-order valence-corrected chi connectivity index (χ2v) is 17.2. The van der Waals surface area contributed by atoms with Crippen LogP contribution in [0.5, 0.6) is 0 Å². The number of ether oxygens (including phenoxy) is 2. The Balaban J connectivity index is 4.27. The second-order valence-electron chi connectivity index (χ2n) is 15.8. The molecule has 3 atom stereocenters. The number of hydrogen-bond acceptors (Lipinski definition) is 9. The number of phosphoric ester groups is 1. The number of unbranched alkanes of at least 4 members (excludes halogenated alkanes) is 24. The van der Waals surface area contributed by atoms with E-state index in [9.17, 15) is 24.2 Å². The number of allylic oxidation sites excluding steroid dienone is 6. The third-order valence-corrected chi connectivity index (χ3v) is 11.0. The monoisotopic (exact) mass is 843 g/mol. The Hall–Kier alpha value is -1.81. The summed E-state index contributed by atoms with van der Waals surface area (Å²) in [4.78, 5) is 35.1. The van der Waals surface area contributed by atoms with Gasteiger partial charge < -0.3 is 24.6 Å². The first kappa shape index (κ1) is 56.2. The number of esters is 2. The Labute approximate surface area is 354 Å². The Morgan fingerprint density at radius 2 is 0.897 bits per heavy atom. The van der Waals surface area contributed by atoms with E-state index >= 15 is 0 Å². The molecule has 10 nitrogen and oxygen atoms in total. The summed E-state index contributed by atoms with van der Waals surface area (Å²) in [6.45, 7) is 2.35. The minimum Gasteiger partial charge on any atom is -0.462 e. The molecule has 0 amide bonds. The van der Waals surface area contributed by atoms with Crippen LogP contribution in [0.4, 0.5) is 0 Å². The predicted molar refractivity (Wildman–Crippen MR) is 238 cm³/mol. The van der Waals surface area contributed by atoms with Gasteiger partial charge in [0.25, 0.3) is 0 Å². The van der Waals surface area contributed by atoms with Crippen molar-refractivity contribution in [3.05, 3.63) is 36.5 Å². The molecule has 0 heterocycles. The van der Waals surface area contributed by atoms with Gasteiger partial charge in [-0.3, -0.25) is 18.6 Å². The predicted octanol–water partition coefficient (Wildman–Crippen LogP) is 12.7. The van der Waals surface area contributed by atoms with Crippen LogP contribution in [0.15, 0.2) is 36.5 Å². The van der Waals surface area contributed by atoms with Crippen LogP contribution in [0.1, 0.15) is 213 Å². The highest BCUT2D eigenvalue weighted by Gasteiger charge is 2.27. The van der Waals surface area contributed by atoms with Gasteiger partial charge in [0.1, 0.15) is 12.7 Å². The van der Waals surface area contributed by atoms with Crippen LogP contribution in [0, 0.1) is 0 Å². The van der Waals surface area contributed by atoms with Gasteiger partial charge in [-0.25, -0.2) is 4.57 Å². The Morgan fingerprint density at radius 3 is 1.38 bits per heavy atom. The van der Waals surface area contributed by atoms with Gasteiger partial charge in [-0.15, -0.1) is 0 Å². The van der Waals surface area contributed by atoms with Gasteiger partial charge in [0.2, 0.25) is 0 Å². The fourth-order valence-corrected chi connectivity index (χ4v) is 7.20. The summed E-state index contributed by atoms with van der Waals surface area (Å²) in [5, 5.41) is 18.4. The third-order valence-electron chi connectivity index (χ3n) is 10.0. The van der Waals surface area contributed by atoms with Crippen molar-refractivity contribution in [2.24, 2.45) is 0 Å². The van der Waals surface area contributed by atoms with Crippen LogP contribution < -0.4 is 0 Å². The zero-order valence-corrected chi connectivity index (χ0v) is 37.9. The quantitative estimate of drug-likeness (QED) is 0.0234. The van der Waals surface area contributed by atoms with Gasteiger partial charge >= 0.3 is 19.8 Å². The first-order valence-electron chi connectivity index (χ1n) is 23.4. The summed E-state index contributed by atoms with van der Waals surface area (Å²) >= 11 is 0. The summed E-state index contributed by atoms with van der Waals surface area (Å²) in [6.07, 6.45) is 45.3. The SMILES string of the molecule is CCCCC/C=C\C/C=C\C/C=C\CCCCCCC(=O)OC[C@H](COP(=O)(O)OC[C@@H](O)CO)OC(=O)CCCCCCCCCCCCCCCCCCCC. The second kappa shape index (κ2) is 43.3. The van der Waals surface area contributed by atoms with Crippen molar-refractivity contribution >= 4 is 19.8 Å². The standard InChI is InChI=1S/C47H87O10P/c1-3-5-7-9-11-13-15-17-19-21-23-25-27-29-31-33-35-37-39-47(51)57-45(43-56-58(52,53)55-41-44(49)40-48)42-54-46(50)38-36-34-32-30-28-26-24-22-20-18-16-14-12-10-8-6-4-2/h12,14,18,20,24,26,44-45,48-49H,3-11,13,15-17,19,21-23,25,27-43H2,1-2H3,(H,52,53)/b14-12-,20-18-,26-24-/t44-,45+/m0/s1. The van der Waals surface area contributed by atoms with Crippen LogP contribution in [0.25, 0.3) is 0 Å². The molecule has 0 spiro atoms. The molecule has 1 unspecified atom stereocenters. The van der Waals surface area contributed by atoms with Crippen LogP contribution in [-0.2, 0) is 32.7 Å². The molecule has 0 saturated heterocycles. The summed E-state index contributed by atoms with van der Waals surface area (Å²) in [5.74, 6) is -0.942. The lowest BCUT2D eigenvalue weighted by Gasteiger charge is -2.20. The number of aliphatic hydroxyl groups is 2. The van der Waals surface area contributed by atoms with E-state index < -0.39 is 51.8 Å². The van der Waals surface area contributed by atoms with E-state index in [2.05, 4.69) is 50.3 Å². The van der Waals surface area contributed by atoms with Crippen molar-refractivity contribution < 1.29 is 47.8 Å². The van der Waals surface area contributed by atoms with Crippen molar-refractivity contribution in [1.29, 1.82) is 0 Å². The number of hydrogen-bond donors (Lipinski definition) is 3. The molecular weight excluding hydrogens is 755 g/mol. The van der Waals surface area contributed by atoms with Crippen molar-refractivity contribution in [2.45, 2.75) is 225 Å². The zero-order chi connectivity index (χ0) is 42.6. The van der Waals surface area contributed by atoms with E-state index in [1.54, 1.807) is 0 Å². The zero-order valence-electron chi connectivity index (χ0n) is 37.0. The number of carbonyl (C=O) groups excluding carboxylic acids is 2. The highest BCUT2D eigenvalue weighted by Crippen LogP contribution is 2.43. The lowest BCUT2D eigenvalue weighted by molar-refractivity contribution is -0.161. The molecule has 0 bridgehead atoms. The highest BCUT2D eigenvalue weighted by molar-refractivity contribution is 7.47. The van der Waals surface area contributed by atoms with Crippen molar-refractivity contribution in [3.8, 4) is 0 Å². The molecular formula is C47H87O10P. The molecule has 0 aliphatic heterocycles. The van der Waals surface area contributed by atoms with Gasteiger partial charge in [0.15, 0.2) is 6.10 Å². The number of carbonyl (C=O) groups is 2. The number of phosphoric acid groups is 1. The minimum atomic E-state index is -4.62. The first-order valence-corrected chi connectivity index (χ1v) is 24.9. The van der Waals surface area contributed by atoms with E-state index in [0.717, 1.165) is 57.8 Å². The van der Waals surface area contributed by atoms with E-state index in [1.807, 2.05) is 0 Å². The molecule has 0 aliphatic rings. The Kier molecular flexibility index (Phi) is 41.9. The van der Waals surface area contributed by atoms with E-state index in [-0.39, 0.29) is 19.4 Å². The fourth-order valence-electron chi connectivity index (χ4n) is 6.41. The van der Waals surface area contributed by atoms with Gasteiger partial charge in [0.05, 0.1) is 19.8 Å². The number of aliphatic hydroxyl groups excluding tert-OH is 2. The first-order chi connectivity index (χ1) is 28.2. The average molecular weight is 843 g/mol. The van der Waals surface area contributed by atoms with Gasteiger partial charge in [-0.2, -0.15) is 0 Å². The fraction of sp³-hybridized carbons (Fsp3) is 0.830. The van der Waals surface area contributed by atoms with Gasteiger partial charge in [-0.05, 0) is 51.4 Å². The van der Waals surface area contributed by atoms with Crippen LogP contribution in [-0.4, -0.2) is 65.7 Å². The average Bonchev–Trinajstić information content (AvgIpc) is 3.21. The molecule has 340 valence electrons. The van der Waals surface area contributed by atoms with E-state index in [1.165, 1.54) is 116 Å². The minimum absolute atomic E-state index is 0.182. The molecule has 0 aromatic rings. The van der Waals surface area contributed by atoms with Gasteiger partial charge in [-0.1, -0.05) is 185 Å². The van der Waals surface area contributed by atoms with Crippen molar-refractivity contribution in [2.75, 3.05) is 26.4 Å². The highest BCUT2D eigenvalue weighted by atomic mass is 31.2. The lowest BCUT2D eigenvalue weighted by atomic mass is 10.0. The molecule has 0 rings (SSSR count). The van der Waals surface area contributed by atoms with Crippen LogP contribution >= 0.6 is 7.82 Å². The third kappa shape index (κ3) is 42.3. The maximum atomic E-state index is 12.6. The van der Waals surface area contributed by atoms with E-state index in [0.29, 0.717) is 12.8 Å². The lowest BCUT2D eigenvalue weighted by Crippen LogP contribution is -2.29. The van der Waals surface area contributed by atoms with Crippen molar-refractivity contribution in [3.63, 3.8) is 0 Å². The summed E-state index contributed by atoms with van der Waals surface area (Å²) in [5.41, 5.74) is 0. The Bertz CT molecular complexity index is 1060. The summed E-state index contributed by atoms with van der Waals surface area (Å²) in [6, 6.07) is 0.